The Morgan fingerprint density at radius 3 is 2.48 bits per heavy atom. The molecule has 8 nitrogen and oxygen atoms in total. The number of fused-ring (bicyclic) bond motifs is 1. The van der Waals surface area contributed by atoms with Crippen LogP contribution in [0.3, 0.4) is 0 Å². The molecule has 1 heterocycles. The molecule has 0 saturated carbocycles. The molecule has 40 heavy (non-hydrogen) atoms. The fourth-order valence-electron chi connectivity index (χ4n) is 6.30. The maximum atomic E-state index is 13.7. The monoisotopic (exact) mass is 547 g/mol. The van der Waals surface area contributed by atoms with Gasteiger partial charge in [-0.3, -0.25) is 14.5 Å². The molecular weight excluding hydrogens is 509 g/mol. The maximum absolute atomic E-state index is 13.7. The van der Waals surface area contributed by atoms with Gasteiger partial charge in [0.05, 0.1) is 30.2 Å². The molecule has 1 aliphatic carbocycles. The van der Waals surface area contributed by atoms with Gasteiger partial charge in [-0.2, -0.15) is 0 Å². The second-order valence-corrected chi connectivity index (χ2v) is 10.7. The summed E-state index contributed by atoms with van der Waals surface area (Å²) in [5.41, 5.74) is 3.98. The molecule has 2 aromatic rings. The van der Waals surface area contributed by atoms with Gasteiger partial charge >= 0.3 is 7.12 Å². The predicted octanol–water partition coefficient (Wildman–Crippen LogP) is 2.92. The SMILES string of the molecule is CCC/C(=C\c1cccc(O)c1)CC[C@@H](O)C1=C(CC)C[C@H]2C(=O)N(c3cccc(B(O)O)c3)C(=O)[C@H]2[C@H]1CO. The number of carbonyl (C=O) groups is 2. The van der Waals surface area contributed by atoms with Gasteiger partial charge in [0.1, 0.15) is 5.75 Å². The van der Waals surface area contributed by atoms with Crippen molar-refractivity contribution in [2.45, 2.75) is 58.5 Å². The van der Waals surface area contributed by atoms with Crippen LogP contribution < -0.4 is 10.4 Å². The Kier molecular flexibility index (Phi) is 9.63. The number of aliphatic hydroxyl groups is 2. The third kappa shape index (κ3) is 6.08. The van der Waals surface area contributed by atoms with Crippen LogP contribution in [-0.4, -0.2) is 57.0 Å². The van der Waals surface area contributed by atoms with Gasteiger partial charge in [-0.1, -0.05) is 61.8 Å². The van der Waals surface area contributed by atoms with E-state index in [9.17, 15) is 35.0 Å². The van der Waals surface area contributed by atoms with E-state index in [1.165, 1.54) is 12.1 Å². The van der Waals surface area contributed by atoms with Crippen molar-refractivity contribution in [1.82, 2.24) is 0 Å². The Balaban J connectivity index is 1.59. The Hall–Kier alpha value is -3.24. The van der Waals surface area contributed by atoms with Crippen LogP contribution in [-0.2, 0) is 9.59 Å². The van der Waals surface area contributed by atoms with E-state index in [0.717, 1.165) is 34.5 Å². The Morgan fingerprint density at radius 1 is 1.07 bits per heavy atom. The van der Waals surface area contributed by atoms with E-state index in [0.29, 0.717) is 31.3 Å². The summed E-state index contributed by atoms with van der Waals surface area (Å²) in [5, 5.41) is 50.9. The van der Waals surface area contributed by atoms with Gasteiger partial charge in [-0.05, 0) is 73.0 Å². The highest BCUT2D eigenvalue weighted by molar-refractivity contribution is 6.58. The van der Waals surface area contributed by atoms with E-state index in [2.05, 4.69) is 6.92 Å². The summed E-state index contributed by atoms with van der Waals surface area (Å²) in [5.74, 6) is -2.79. The number of anilines is 1. The summed E-state index contributed by atoms with van der Waals surface area (Å²) in [6.45, 7) is 3.66. The zero-order chi connectivity index (χ0) is 29.0. The van der Waals surface area contributed by atoms with Crippen LogP contribution in [0.25, 0.3) is 6.08 Å². The highest BCUT2D eigenvalue weighted by atomic mass is 16.4. The first-order chi connectivity index (χ1) is 19.2. The summed E-state index contributed by atoms with van der Waals surface area (Å²) in [6, 6.07) is 13.0. The van der Waals surface area contributed by atoms with Crippen LogP contribution in [0.5, 0.6) is 5.75 Å². The Labute approximate surface area is 235 Å². The van der Waals surface area contributed by atoms with E-state index < -0.39 is 36.9 Å². The largest absolute Gasteiger partial charge is 0.508 e. The number of nitrogens with zero attached hydrogens (tertiary/aromatic N) is 1. The topological polar surface area (TPSA) is 139 Å². The molecule has 5 N–H and O–H groups in total. The minimum Gasteiger partial charge on any atom is -0.508 e. The lowest BCUT2D eigenvalue weighted by molar-refractivity contribution is -0.123. The van der Waals surface area contributed by atoms with Gasteiger partial charge in [0, 0.05) is 5.92 Å². The molecule has 0 bridgehead atoms. The van der Waals surface area contributed by atoms with Crippen LogP contribution in [0, 0.1) is 17.8 Å². The van der Waals surface area contributed by atoms with Gasteiger partial charge in [0.25, 0.3) is 0 Å². The van der Waals surface area contributed by atoms with Crippen molar-refractivity contribution >= 4 is 36.2 Å². The van der Waals surface area contributed by atoms with Gasteiger partial charge in [-0.25, -0.2) is 0 Å². The number of phenols is 1. The molecule has 4 atom stereocenters. The number of allylic oxidation sites excluding steroid dienone is 2. The molecule has 9 heteroatoms. The van der Waals surface area contributed by atoms with Crippen molar-refractivity contribution in [3.8, 4) is 5.75 Å². The number of aliphatic hydroxyl groups excluding tert-OH is 2. The third-order valence-corrected chi connectivity index (χ3v) is 8.14. The van der Waals surface area contributed by atoms with Crippen LogP contribution in [0.4, 0.5) is 5.69 Å². The number of rotatable bonds is 11. The number of phenolic OH excluding ortho intramolecular Hbond substituents is 1. The molecule has 2 amide bonds. The zero-order valence-corrected chi connectivity index (χ0v) is 23.0. The minimum absolute atomic E-state index is 0.164. The van der Waals surface area contributed by atoms with E-state index in [4.69, 9.17) is 0 Å². The van der Waals surface area contributed by atoms with Crippen molar-refractivity contribution in [2.24, 2.45) is 17.8 Å². The summed E-state index contributed by atoms with van der Waals surface area (Å²) >= 11 is 0. The number of carbonyl (C=O) groups excluding carboxylic acids is 2. The van der Waals surface area contributed by atoms with E-state index in [1.807, 2.05) is 19.1 Å². The molecule has 0 radical (unpaired) electrons. The number of hydrogen-bond donors (Lipinski definition) is 5. The first kappa shape index (κ1) is 29.7. The van der Waals surface area contributed by atoms with Crippen LogP contribution in [0.1, 0.15) is 57.9 Å². The molecule has 2 aromatic carbocycles. The highest BCUT2D eigenvalue weighted by Crippen LogP contribution is 2.48. The Morgan fingerprint density at radius 2 is 1.82 bits per heavy atom. The lowest BCUT2D eigenvalue weighted by Gasteiger charge is -2.36. The van der Waals surface area contributed by atoms with Gasteiger partial charge in [0.2, 0.25) is 11.8 Å². The number of benzene rings is 2. The molecule has 4 rings (SSSR count). The van der Waals surface area contributed by atoms with E-state index in [1.54, 1.807) is 30.3 Å². The summed E-state index contributed by atoms with van der Waals surface area (Å²) in [6.07, 6.45) is 4.82. The number of hydrogen-bond acceptors (Lipinski definition) is 7. The number of amides is 2. The maximum Gasteiger partial charge on any atom is 0.488 e. The van der Waals surface area contributed by atoms with Crippen LogP contribution >= 0.6 is 0 Å². The number of imide groups is 1. The second-order valence-electron chi connectivity index (χ2n) is 10.7. The van der Waals surface area contributed by atoms with Crippen molar-refractivity contribution in [1.29, 1.82) is 0 Å². The number of aromatic hydroxyl groups is 1. The molecule has 1 fully saturated rings. The first-order valence-electron chi connectivity index (χ1n) is 14.0. The quantitative estimate of drug-likeness (QED) is 0.166. The highest BCUT2D eigenvalue weighted by Gasteiger charge is 2.55. The molecule has 1 aliphatic heterocycles. The normalized spacial score (nSPS) is 22.1. The summed E-state index contributed by atoms with van der Waals surface area (Å²) in [4.78, 5) is 28.3. The Bertz CT molecular complexity index is 1300. The minimum atomic E-state index is -1.74. The van der Waals surface area contributed by atoms with Crippen molar-refractivity contribution in [3.63, 3.8) is 0 Å². The van der Waals surface area contributed by atoms with Crippen molar-refractivity contribution < 1.29 is 35.0 Å². The molecule has 0 aromatic heterocycles. The molecule has 0 unspecified atom stereocenters. The lowest BCUT2D eigenvalue weighted by atomic mass is 9.67. The average molecular weight is 547 g/mol. The van der Waals surface area contributed by atoms with E-state index >= 15 is 0 Å². The predicted molar refractivity (Wildman–Crippen MR) is 154 cm³/mol. The lowest BCUT2D eigenvalue weighted by Crippen LogP contribution is -2.39. The smallest absolute Gasteiger partial charge is 0.488 e. The van der Waals surface area contributed by atoms with Crippen LogP contribution in [0.2, 0.25) is 0 Å². The first-order valence-corrected chi connectivity index (χ1v) is 14.0. The van der Waals surface area contributed by atoms with Gasteiger partial charge in [-0.15, -0.1) is 0 Å². The van der Waals surface area contributed by atoms with Gasteiger partial charge in [0.15, 0.2) is 0 Å². The molecule has 212 valence electrons. The van der Waals surface area contributed by atoms with Crippen molar-refractivity contribution in [2.75, 3.05) is 11.5 Å². The molecular formula is C31H38BNO7. The molecule has 0 spiro atoms. The molecule has 2 aliphatic rings. The standard InChI is InChI=1S/C31H38BNO7/c1-3-7-19(14-20-8-5-11-24(35)15-20)12-13-27(36)28-21(4-2)16-25-29(26(28)18-34)31(38)33(30(25)37)23-10-6-9-22(17-23)32(39)40/h5-6,8-11,14-15,17,25-27,29,34-36,39-40H,3-4,7,12-13,16,18H2,1-2H3/b19-14+/t25-,26+,27-,29-/m1/s1. The molecule has 1 saturated heterocycles. The van der Waals surface area contributed by atoms with Gasteiger partial charge < -0.3 is 25.4 Å². The fourth-order valence-corrected chi connectivity index (χ4v) is 6.30. The average Bonchev–Trinajstić information content (AvgIpc) is 3.19. The third-order valence-electron chi connectivity index (χ3n) is 8.14. The zero-order valence-electron chi connectivity index (χ0n) is 23.0. The van der Waals surface area contributed by atoms with Crippen LogP contribution in [0.15, 0.2) is 65.3 Å². The van der Waals surface area contributed by atoms with Crippen molar-refractivity contribution in [3.05, 3.63) is 70.8 Å². The fraction of sp³-hybridized carbons (Fsp3) is 0.419. The van der Waals surface area contributed by atoms with E-state index in [-0.39, 0.29) is 29.4 Å². The summed E-state index contributed by atoms with van der Waals surface area (Å²) < 4.78 is 0. The summed E-state index contributed by atoms with van der Waals surface area (Å²) in [7, 11) is -1.74. The second kappa shape index (κ2) is 13.0.